The summed E-state index contributed by atoms with van der Waals surface area (Å²) in [4.78, 5) is 24.8. The van der Waals surface area contributed by atoms with Crippen LogP contribution in [0, 0.1) is 12.7 Å². The van der Waals surface area contributed by atoms with E-state index in [0.717, 1.165) is 17.1 Å². The molecule has 0 radical (unpaired) electrons. The Morgan fingerprint density at radius 2 is 1.90 bits per heavy atom. The summed E-state index contributed by atoms with van der Waals surface area (Å²) in [5.74, 6) is -1.93. The highest BCUT2D eigenvalue weighted by Crippen LogP contribution is 2.29. The SMILES string of the molecule is Cc1ccc(S(=O)CC(F)(F)F)cc1-c1cc2cnc(Nc3ccc(N4CCNC(C)C4)c(F)c3)nc2n(CCN(C)S(C)(=O)=O)c1=O. The third-order valence-corrected chi connectivity index (χ3v) is 10.7. The fourth-order valence-electron chi connectivity index (χ4n) is 5.41. The minimum Gasteiger partial charge on any atom is -0.366 e. The van der Waals surface area contributed by atoms with Crippen LogP contribution in [-0.2, 0) is 27.4 Å². The molecule has 5 rings (SSSR count). The van der Waals surface area contributed by atoms with Crippen molar-refractivity contribution in [1.82, 2.24) is 24.2 Å². The van der Waals surface area contributed by atoms with Crippen molar-refractivity contribution in [3.05, 3.63) is 70.4 Å². The molecule has 0 amide bonds. The lowest BCUT2D eigenvalue weighted by Gasteiger charge is -2.33. The lowest BCUT2D eigenvalue weighted by atomic mass is 10.0. The Morgan fingerprint density at radius 1 is 1.15 bits per heavy atom. The summed E-state index contributed by atoms with van der Waals surface area (Å²) < 4.78 is 93.2. The van der Waals surface area contributed by atoms with Crippen LogP contribution in [0.2, 0.25) is 0 Å². The maximum Gasteiger partial charge on any atom is 0.400 e. The van der Waals surface area contributed by atoms with Crippen LogP contribution in [0.5, 0.6) is 0 Å². The smallest absolute Gasteiger partial charge is 0.366 e. The molecule has 1 aliphatic heterocycles. The Bertz CT molecular complexity index is 2040. The van der Waals surface area contributed by atoms with Crippen molar-refractivity contribution in [2.24, 2.45) is 0 Å². The van der Waals surface area contributed by atoms with Gasteiger partial charge in [-0.3, -0.25) is 13.6 Å². The van der Waals surface area contributed by atoms with Crippen molar-refractivity contribution in [3.8, 4) is 11.1 Å². The number of aromatic nitrogens is 3. The van der Waals surface area contributed by atoms with Gasteiger partial charge in [0.25, 0.3) is 5.56 Å². The molecule has 1 aliphatic rings. The van der Waals surface area contributed by atoms with Gasteiger partial charge in [-0.05, 0) is 61.4 Å². The van der Waals surface area contributed by atoms with Gasteiger partial charge in [0, 0.05) is 73.5 Å². The molecule has 1 saturated heterocycles. The zero-order valence-electron chi connectivity index (χ0n) is 26.6. The number of rotatable bonds is 10. The van der Waals surface area contributed by atoms with Gasteiger partial charge in [-0.25, -0.2) is 22.1 Å². The Labute approximate surface area is 277 Å². The van der Waals surface area contributed by atoms with E-state index in [2.05, 4.69) is 20.6 Å². The molecule has 2 aromatic carbocycles. The molecule has 48 heavy (non-hydrogen) atoms. The summed E-state index contributed by atoms with van der Waals surface area (Å²) in [6.07, 6.45) is -2.20. The average Bonchev–Trinajstić information content (AvgIpc) is 2.99. The molecular formula is C31H35F4N7O4S2. The molecule has 0 bridgehead atoms. The third kappa shape index (κ3) is 8.19. The number of piperazine rings is 1. The number of nitrogens with one attached hydrogen (secondary N) is 2. The van der Waals surface area contributed by atoms with E-state index in [4.69, 9.17) is 0 Å². The van der Waals surface area contributed by atoms with Crippen molar-refractivity contribution in [2.45, 2.75) is 37.5 Å². The van der Waals surface area contributed by atoms with Gasteiger partial charge in [-0.2, -0.15) is 18.2 Å². The number of hydrogen-bond donors (Lipinski definition) is 2. The summed E-state index contributed by atoms with van der Waals surface area (Å²) in [5, 5.41) is 6.65. The predicted molar refractivity (Wildman–Crippen MR) is 178 cm³/mol. The number of sulfonamides is 1. The average molecular weight is 710 g/mol. The van der Waals surface area contributed by atoms with Gasteiger partial charge in [0.1, 0.15) is 17.2 Å². The van der Waals surface area contributed by atoms with Crippen LogP contribution in [0.15, 0.2) is 58.4 Å². The monoisotopic (exact) mass is 709 g/mol. The Hall–Kier alpha value is -3.93. The maximum atomic E-state index is 15.2. The number of likely N-dealkylation sites (N-methyl/N-ethyl adjacent to an activating group) is 1. The van der Waals surface area contributed by atoms with Crippen molar-refractivity contribution >= 4 is 49.2 Å². The number of alkyl halides is 3. The van der Waals surface area contributed by atoms with Crippen molar-refractivity contribution < 1.29 is 30.2 Å². The minimum atomic E-state index is -4.65. The molecule has 4 aromatic rings. The summed E-state index contributed by atoms with van der Waals surface area (Å²) in [6.45, 7) is 5.50. The molecular weight excluding hydrogens is 675 g/mol. The van der Waals surface area contributed by atoms with Gasteiger partial charge in [0.05, 0.1) is 22.7 Å². The first-order valence-corrected chi connectivity index (χ1v) is 18.1. The van der Waals surface area contributed by atoms with Crippen LogP contribution in [0.1, 0.15) is 12.5 Å². The van der Waals surface area contributed by atoms with E-state index >= 15 is 4.39 Å². The molecule has 1 fully saturated rings. The van der Waals surface area contributed by atoms with Gasteiger partial charge < -0.3 is 15.5 Å². The molecule has 17 heteroatoms. The van der Waals surface area contributed by atoms with E-state index in [1.54, 1.807) is 19.1 Å². The number of hydrogen-bond acceptors (Lipinski definition) is 9. The van der Waals surface area contributed by atoms with Gasteiger partial charge in [-0.1, -0.05) is 6.07 Å². The van der Waals surface area contributed by atoms with E-state index in [-0.39, 0.29) is 46.7 Å². The van der Waals surface area contributed by atoms with Crippen LogP contribution in [0.25, 0.3) is 22.2 Å². The molecule has 0 aliphatic carbocycles. The summed E-state index contributed by atoms with van der Waals surface area (Å²) >= 11 is 0. The zero-order chi connectivity index (χ0) is 35.0. The number of nitrogens with zero attached hydrogens (tertiary/aromatic N) is 5. The van der Waals surface area contributed by atoms with Crippen LogP contribution in [-0.4, -0.2) is 88.9 Å². The van der Waals surface area contributed by atoms with Crippen molar-refractivity contribution in [1.29, 1.82) is 0 Å². The van der Waals surface area contributed by atoms with Crippen LogP contribution < -0.4 is 21.1 Å². The molecule has 3 heterocycles. The Morgan fingerprint density at radius 3 is 2.56 bits per heavy atom. The van der Waals surface area contributed by atoms with E-state index in [1.165, 1.54) is 48.1 Å². The minimum absolute atomic E-state index is 0.0449. The van der Waals surface area contributed by atoms with Crippen LogP contribution in [0.4, 0.5) is 34.9 Å². The first-order chi connectivity index (χ1) is 22.5. The predicted octanol–water partition coefficient (Wildman–Crippen LogP) is 4.01. The second kappa shape index (κ2) is 13.9. The largest absolute Gasteiger partial charge is 0.400 e. The fraction of sp³-hybridized carbons (Fsp3) is 0.387. The molecule has 258 valence electrons. The zero-order valence-corrected chi connectivity index (χ0v) is 28.3. The van der Waals surface area contributed by atoms with E-state index in [9.17, 15) is 30.6 Å². The van der Waals surface area contributed by atoms with Gasteiger partial charge in [-0.15, -0.1) is 0 Å². The van der Waals surface area contributed by atoms with Crippen LogP contribution >= 0.6 is 0 Å². The number of anilines is 3. The molecule has 2 aromatic heterocycles. The molecule has 2 N–H and O–H groups in total. The highest BCUT2D eigenvalue weighted by atomic mass is 32.2. The maximum absolute atomic E-state index is 15.2. The molecule has 0 spiro atoms. The molecule has 2 atom stereocenters. The number of pyridine rings is 1. The molecule has 11 nitrogen and oxygen atoms in total. The molecule has 2 unspecified atom stereocenters. The Balaban J connectivity index is 1.55. The van der Waals surface area contributed by atoms with E-state index in [1.807, 2.05) is 11.8 Å². The first kappa shape index (κ1) is 35.4. The highest BCUT2D eigenvalue weighted by molar-refractivity contribution is 7.88. The highest BCUT2D eigenvalue weighted by Gasteiger charge is 2.31. The standard InChI is InChI=1S/C31H35F4N7O4S2/c1-19-5-7-23(47(44)18-31(33,34)35)15-24(19)25-13-21-16-37-30(39-28(21)42(29(25)43)12-11-40(3)48(4,45)46)38-22-6-8-27(26(32)14-22)41-10-9-36-20(2)17-41/h5-8,13-16,20,36H,9-12,17-18H2,1-4H3,(H,37,38,39). The van der Waals surface area contributed by atoms with E-state index in [0.29, 0.717) is 35.4 Å². The first-order valence-electron chi connectivity index (χ1n) is 14.9. The summed E-state index contributed by atoms with van der Waals surface area (Å²) in [5.41, 5.74) is 1.25. The molecule has 0 saturated carbocycles. The number of benzene rings is 2. The van der Waals surface area contributed by atoms with Crippen molar-refractivity contribution in [3.63, 3.8) is 0 Å². The number of aryl methyl sites for hydroxylation is 1. The number of fused-ring (bicyclic) bond motifs is 1. The van der Waals surface area contributed by atoms with E-state index < -0.39 is 44.1 Å². The lowest BCUT2D eigenvalue weighted by molar-refractivity contribution is -0.105. The lowest BCUT2D eigenvalue weighted by Crippen LogP contribution is -2.49. The van der Waals surface area contributed by atoms with Crippen LogP contribution in [0.3, 0.4) is 0 Å². The third-order valence-electron chi connectivity index (χ3n) is 8.00. The Kier molecular flexibility index (Phi) is 10.2. The van der Waals surface area contributed by atoms with Gasteiger partial charge in [0.15, 0.2) is 0 Å². The summed E-state index contributed by atoms with van der Waals surface area (Å²) in [7, 11) is -4.65. The summed E-state index contributed by atoms with van der Waals surface area (Å²) in [6, 6.07) is 10.5. The second-order valence-electron chi connectivity index (χ2n) is 11.7. The second-order valence-corrected chi connectivity index (χ2v) is 15.3. The fourth-order valence-corrected chi connectivity index (χ4v) is 6.76. The topological polar surface area (TPSA) is 130 Å². The number of halogens is 4. The quantitative estimate of drug-likeness (QED) is 0.235. The van der Waals surface area contributed by atoms with Crippen molar-refractivity contribution in [2.75, 3.05) is 55.5 Å². The normalized spacial score (nSPS) is 16.4. The van der Waals surface area contributed by atoms with Gasteiger partial charge >= 0.3 is 6.18 Å². The van der Waals surface area contributed by atoms with Gasteiger partial charge in [0.2, 0.25) is 16.0 Å².